The summed E-state index contributed by atoms with van der Waals surface area (Å²) < 4.78 is 4.98. The summed E-state index contributed by atoms with van der Waals surface area (Å²) >= 11 is 0. The van der Waals surface area contributed by atoms with E-state index in [0.29, 0.717) is 18.0 Å². The third-order valence-corrected chi connectivity index (χ3v) is 2.38. The molecule has 1 N–H and O–H groups in total. The average Bonchev–Trinajstić information content (AvgIpc) is 2.35. The number of unbranched alkanes of at least 4 members (excludes halogenated alkanes) is 2. The molecule has 4 heteroatoms. The van der Waals surface area contributed by atoms with Gasteiger partial charge in [0.25, 0.3) is 0 Å². The highest BCUT2D eigenvalue weighted by atomic mass is 16.5. The van der Waals surface area contributed by atoms with Crippen molar-refractivity contribution in [3.8, 4) is 0 Å². The maximum absolute atomic E-state index is 11.7. The molecule has 0 aromatic carbocycles. The largest absolute Gasteiger partial charge is 0.462 e. The summed E-state index contributed by atoms with van der Waals surface area (Å²) in [5, 5.41) is 3.18. The van der Waals surface area contributed by atoms with Crippen LogP contribution in [-0.4, -0.2) is 24.1 Å². The van der Waals surface area contributed by atoms with Crippen LogP contribution in [-0.2, 0) is 4.74 Å². The van der Waals surface area contributed by atoms with E-state index in [-0.39, 0.29) is 5.97 Å². The molecule has 17 heavy (non-hydrogen) atoms. The zero-order valence-electron chi connectivity index (χ0n) is 10.5. The third kappa shape index (κ3) is 4.43. The van der Waals surface area contributed by atoms with Crippen LogP contribution in [0.3, 0.4) is 0 Å². The molecule has 4 nitrogen and oxygen atoms in total. The van der Waals surface area contributed by atoms with Crippen LogP contribution in [0.15, 0.2) is 18.3 Å². The monoisotopic (exact) mass is 236 g/mol. The molecule has 1 aromatic rings. The first kappa shape index (κ1) is 13.5. The molecule has 94 valence electrons. The van der Waals surface area contributed by atoms with Crippen molar-refractivity contribution < 1.29 is 9.53 Å². The van der Waals surface area contributed by atoms with Crippen LogP contribution in [0, 0.1) is 0 Å². The topological polar surface area (TPSA) is 51.2 Å². The second-order valence-electron chi connectivity index (χ2n) is 3.75. The molecule has 0 saturated carbocycles. The van der Waals surface area contributed by atoms with Crippen molar-refractivity contribution in [2.24, 2.45) is 0 Å². The van der Waals surface area contributed by atoms with Gasteiger partial charge in [0.2, 0.25) is 0 Å². The number of carbonyl (C=O) groups is 1. The van der Waals surface area contributed by atoms with Crippen molar-refractivity contribution in [3.63, 3.8) is 0 Å². The minimum atomic E-state index is -0.321. The molecule has 0 atom stereocenters. The molecule has 0 unspecified atom stereocenters. The fourth-order valence-electron chi connectivity index (χ4n) is 1.50. The predicted octanol–water partition coefficient (Wildman–Crippen LogP) is 2.86. The lowest BCUT2D eigenvalue weighted by Crippen LogP contribution is -2.12. The number of carbonyl (C=O) groups excluding carboxylic acids is 1. The van der Waals surface area contributed by atoms with Gasteiger partial charge in [0.1, 0.15) is 11.4 Å². The highest BCUT2D eigenvalue weighted by Gasteiger charge is 2.12. The first-order valence-corrected chi connectivity index (χ1v) is 6.15. The van der Waals surface area contributed by atoms with Crippen molar-refractivity contribution in [3.05, 3.63) is 23.9 Å². The fraction of sp³-hybridized carbons (Fsp3) is 0.538. The second kappa shape index (κ2) is 7.65. The van der Waals surface area contributed by atoms with Crippen LogP contribution in [0.1, 0.15) is 43.5 Å². The van der Waals surface area contributed by atoms with Crippen LogP contribution in [0.5, 0.6) is 0 Å². The van der Waals surface area contributed by atoms with Gasteiger partial charge in [-0.1, -0.05) is 19.8 Å². The predicted molar refractivity (Wildman–Crippen MR) is 68.2 cm³/mol. The van der Waals surface area contributed by atoms with Gasteiger partial charge in [0, 0.05) is 12.7 Å². The van der Waals surface area contributed by atoms with Crippen LogP contribution >= 0.6 is 0 Å². The van der Waals surface area contributed by atoms with E-state index in [9.17, 15) is 4.79 Å². The summed E-state index contributed by atoms with van der Waals surface area (Å²) in [6, 6.07) is 3.47. The summed E-state index contributed by atoms with van der Waals surface area (Å²) in [6.45, 7) is 5.16. The van der Waals surface area contributed by atoms with Crippen molar-refractivity contribution in [2.75, 3.05) is 18.5 Å². The zero-order valence-corrected chi connectivity index (χ0v) is 10.5. The second-order valence-corrected chi connectivity index (χ2v) is 3.75. The highest BCUT2D eigenvalue weighted by molar-refractivity contribution is 5.94. The first-order valence-electron chi connectivity index (χ1n) is 6.15. The van der Waals surface area contributed by atoms with Crippen molar-refractivity contribution in [1.82, 2.24) is 4.98 Å². The molecule has 0 spiro atoms. The lowest BCUT2D eigenvalue weighted by Gasteiger charge is -2.09. The number of aromatic nitrogens is 1. The van der Waals surface area contributed by atoms with Gasteiger partial charge in [0.15, 0.2) is 0 Å². The zero-order chi connectivity index (χ0) is 12.5. The Morgan fingerprint density at radius 2 is 2.24 bits per heavy atom. The minimum Gasteiger partial charge on any atom is -0.462 e. The molecule has 0 aliphatic carbocycles. The molecule has 0 aliphatic rings. The van der Waals surface area contributed by atoms with Gasteiger partial charge in [0.05, 0.1) is 6.61 Å². The number of nitrogens with zero attached hydrogens (tertiary/aromatic N) is 1. The summed E-state index contributed by atoms with van der Waals surface area (Å²) in [6.07, 6.45) is 5.10. The molecule has 0 bridgehead atoms. The molecule has 0 aliphatic heterocycles. The third-order valence-electron chi connectivity index (χ3n) is 2.38. The Kier molecular flexibility index (Phi) is 6.07. The quantitative estimate of drug-likeness (QED) is 0.584. The Hall–Kier alpha value is -1.58. The van der Waals surface area contributed by atoms with E-state index < -0.39 is 0 Å². The van der Waals surface area contributed by atoms with E-state index in [2.05, 4.69) is 17.2 Å². The van der Waals surface area contributed by atoms with E-state index in [4.69, 9.17) is 4.74 Å². The van der Waals surface area contributed by atoms with Gasteiger partial charge >= 0.3 is 5.97 Å². The molecule has 0 saturated heterocycles. The van der Waals surface area contributed by atoms with E-state index in [0.717, 1.165) is 13.0 Å². The summed E-state index contributed by atoms with van der Waals surface area (Å²) in [5.41, 5.74) is 0.505. The van der Waals surface area contributed by atoms with Gasteiger partial charge in [-0.15, -0.1) is 0 Å². The van der Waals surface area contributed by atoms with Gasteiger partial charge in [-0.3, -0.25) is 0 Å². The number of ether oxygens (including phenoxy) is 1. The van der Waals surface area contributed by atoms with Gasteiger partial charge in [-0.2, -0.15) is 0 Å². The Balaban J connectivity index is 2.61. The molecule has 0 amide bonds. The average molecular weight is 236 g/mol. The number of esters is 1. The maximum atomic E-state index is 11.7. The molecular formula is C13H20N2O2. The lowest BCUT2D eigenvalue weighted by molar-refractivity contribution is 0.0527. The summed E-state index contributed by atoms with van der Waals surface area (Å²) in [7, 11) is 0. The Morgan fingerprint density at radius 1 is 1.41 bits per heavy atom. The number of hydrogen-bond donors (Lipinski definition) is 1. The van der Waals surface area contributed by atoms with Crippen molar-refractivity contribution in [1.29, 1.82) is 0 Å². The number of nitrogens with one attached hydrogen (secondary N) is 1. The Morgan fingerprint density at radius 3 is 2.94 bits per heavy atom. The number of anilines is 1. The molecule has 1 rings (SSSR count). The lowest BCUT2D eigenvalue weighted by atomic mass is 10.2. The molecule has 1 heterocycles. The van der Waals surface area contributed by atoms with Crippen LogP contribution in [0.25, 0.3) is 0 Å². The van der Waals surface area contributed by atoms with E-state index in [1.54, 1.807) is 25.3 Å². The van der Waals surface area contributed by atoms with Crippen LogP contribution in [0.4, 0.5) is 5.82 Å². The van der Waals surface area contributed by atoms with E-state index in [1.165, 1.54) is 12.8 Å². The molecule has 0 fully saturated rings. The normalized spacial score (nSPS) is 10.0. The van der Waals surface area contributed by atoms with Gasteiger partial charge < -0.3 is 10.1 Å². The standard InChI is InChI=1S/C13H20N2O2/c1-3-5-6-9-14-12-11(8-7-10-15-12)13(16)17-4-2/h7-8,10H,3-6,9H2,1-2H3,(H,14,15). The number of rotatable bonds is 7. The number of hydrogen-bond acceptors (Lipinski definition) is 4. The first-order chi connectivity index (χ1) is 8.29. The molecule has 1 aromatic heterocycles. The van der Waals surface area contributed by atoms with E-state index in [1.807, 2.05) is 0 Å². The molecular weight excluding hydrogens is 216 g/mol. The van der Waals surface area contributed by atoms with Gasteiger partial charge in [-0.25, -0.2) is 9.78 Å². The fourth-order valence-corrected chi connectivity index (χ4v) is 1.50. The summed E-state index contributed by atoms with van der Waals surface area (Å²) in [5.74, 6) is 0.292. The van der Waals surface area contributed by atoms with E-state index >= 15 is 0 Å². The SMILES string of the molecule is CCCCCNc1ncccc1C(=O)OCC. The smallest absolute Gasteiger partial charge is 0.341 e. The van der Waals surface area contributed by atoms with Crippen LogP contribution < -0.4 is 5.32 Å². The van der Waals surface area contributed by atoms with Crippen LogP contribution in [0.2, 0.25) is 0 Å². The minimum absolute atomic E-state index is 0.321. The highest BCUT2D eigenvalue weighted by Crippen LogP contribution is 2.13. The summed E-state index contributed by atoms with van der Waals surface area (Å²) in [4.78, 5) is 15.8. The Bertz CT molecular complexity index is 353. The molecule has 0 radical (unpaired) electrons. The maximum Gasteiger partial charge on any atom is 0.341 e. The number of pyridine rings is 1. The Labute approximate surface area is 102 Å². The van der Waals surface area contributed by atoms with Crippen molar-refractivity contribution in [2.45, 2.75) is 33.1 Å². The van der Waals surface area contributed by atoms with Crippen molar-refractivity contribution >= 4 is 11.8 Å². The van der Waals surface area contributed by atoms with Gasteiger partial charge in [-0.05, 0) is 25.5 Å².